The van der Waals surface area contributed by atoms with Crippen LogP contribution in [0.5, 0.6) is 0 Å². The number of anilines is 1. The fraction of sp³-hybridized carbons (Fsp3) is 0.625. The quantitative estimate of drug-likeness (QED) is 0.888. The minimum Gasteiger partial charge on any atom is -0.369 e. The first-order chi connectivity index (χ1) is 9.91. The Morgan fingerprint density at radius 2 is 2.10 bits per heavy atom. The van der Waals surface area contributed by atoms with E-state index in [0.717, 1.165) is 32.2 Å². The molecule has 0 aromatic carbocycles. The number of aromatic nitrogens is 1. The zero-order chi connectivity index (χ0) is 15.5. The highest BCUT2D eigenvalue weighted by Gasteiger charge is 2.27. The minimum absolute atomic E-state index is 0.0860. The van der Waals surface area contributed by atoms with Crippen LogP contribution in [-0.2, 0) is 0 Å². The van der Waals surface area contributed by atoms with Crippen LogP contribution in [-0.4, -0.2) is 23.5 Å². The second-order valence-electron chi connectivity index (χ2n) is 6.50. The smallest absolute Gasteiger partial charge is 0.253 e. The van der Waals surface area contributed by atoms with E-state index in [1.54, 1.807) is 12.3 Å². The molecule has 1 fully saturated rings. The molecule has 2 N–H and O–H groups in total. The van der Waals surface area contributed by atoms with E-state index in [1.165, 1.54) is 0 Å². The van der Waals surface area contributed by atoms with Gasteiger partial charge in [-0.25, -0.2) is 4.98 Å². The molecule has 1 saturated carbocycles. The SMILES string of the molecule is CCNc1ncc(C(=O)NC2CCC(C)(C)CC2)cc1Cl. The van der Waals surface area contributed by atoms with Gasteiger partial charge in [-0.2, -0.15) is 0 Å². The van der Waals surface area contributed by atoms with E-state index in [4.69, 9.17) is 11.6 Å². The first-order valence-electron chi connectivity index (χ1n) is 7.61. The maximum atomic E-state index is 12.3. The van der Waals surface area contributed by atoms with E-state index in [9.17, 15) is 4.79 Å². The summed E-state index contributed by atoms with van der Waals surface area (Å²) >= 11 is 6.13. The second kappa shape index (κ2) is 6.65. The van der Waals surface area contributed by atoms with E-state index in [1.807, 2.05) is 6.92 Å². The molecule has 1 aliphatic carbocycles. The van der Waals surface area contributed by atoms with Gasteiger partial charge < -0.3 is 10.6 Å². The summed E-state index contributed by atoms with van der Waals surface area (Å²) < 4.78 is 0. The van der Waals surface area contributed by atoms with Crippen LogP contribution < -0.4 is 10.6 Å². The Kier molecular flexibility index (Phi) is 5.09. The summed E-state index contributed by atoms with van der Waals surface area (Å²) in [5, 5.41) is 6.63. The number of amides is 1. The standard InChI is InChI=1S/C16H24ClN3O/c1-4-18-14-13(17)9-11(10-19-14)15(21)20-12-5-7-16(2,3)8-6-12/h9-10,12H,4-8H2,1-3H3,(H,18,19)(H,20,21). The van der Waals surface area contributed by atoms with E-state index in [0.29, 0.717) is 21.8 Å². The van der Waals surface area contributed by atoms with Gasteiger partial charge in [0.15, 0.2) is 0 Å². The van der Waals surface area contributed by atoms with Crippen molar-refractivity contribution < 1.29 is 4.79 Å². The van der Waals surface area contributed by atoms with Gasteiger partial charge >= 0.3 is 0 Å². The molecule has 116 valence electrons. The normalized spacial score (nSPS) is 18.3. The summed E-state index contributed by atoms with van der Waals surface area (Å²) in [7, 11) is 0. The van der Waals surface area contributed by atoms with Gasteiger partial charge in [-0.1, -0.05) is 25.4 Å². The second-order valence-corrected chi connectivity index (χ2v) is 6.90. The van der Waals surface area contributed by atoms with Gasteiger partial charge in [-0.05, 0) is 44.1 Å². The van der Waals surface area contributed by atoms with Crippen molar-refractivity contribution in [2.45, 2.75) is 52.5 Å². The van der Waals surface area contributed by atoms with Crippen molar-refractivity contribution in [3.63, 3.8) is 0 Å². The van der Waals surface area contributed by atoms with Crippen molar-refractivity contribution in [2.24, 2.45) is 5.41 Å². The summed E-state index contributed by atoms with van der Waals surface area (Å²) in [6, 6.07) is 1.94. The predicted octanol–water partition coefficient (Wildman–Crippen LogP) is 3.87. The molecule has 0 bridgehead atoms. The number of rotatable bonds is 4. The molecule has 21 heavy (non-hydrogen) atoms. The highest BCUT2D eigenvalue weighted by Crippen LogP contribution is 2.35. The number of pyridine rings is 1. The van der Waals surface area contributed by atoms with E-state index >= 15 is 0 Å². The molecule has 1 amide bonds. The van der Waals surface area contributed by atoms with Crippen LogP contribution in [0, 0.1) is 5.41 Å². The molecule has 1 aromatic rings. The van der Waals surface area contributed by atoms with Crippen molar-refractivity contribution in [1.29, 1.82) is 0 Å². The van der Waals surface area contributed by atoms with Crippen LogP contribution in [0.4, 0.5) is 5.82 Å². The van der Waals surface area contributed by atoms with Crippen molar-refractivity contribution in [3.8, 4) is 0 Å². The third kappa shape index (κ3) is 4.34. The monoisotopic (exact) mass is 309 g/mol. The first kappa shape index (κ1) is 16.1. The van der Waals surface area contributed by atoms with Crippen LogP contribution in [0.2, 0.25) is 5.02 Å². The number of halogens is 1. The predicted molar refractivity (Wildman–Crippen MR) is 86.9 cm³/mol. The fourth-order valence-corrected chi connectivity index (χ4v) is 2.91. The third-order valence-corrected chi connectivity index (χ3v) is 4.41. The van der Waals surface area contributed by atoms with Gasteiger partial charge in [-0.3, -0.25) is 4.79 Å². The fourth-order valence-electron chi connectivity index (χ4n) is 2.67. The summed E-state index contributed by atoms with van der Waals surface area (Å²) in [6.45, 7) is 7.29. The summed E-state index contributed by atoms with van der Waals surface area (Å²) in [5.41, 5.74) is 0.922. The average Bonchev–Trinajstić information content (AvgIpc) is 2.43. The molecular weight excluding hydrogens is 286 g/mol. The van der Waals surface area contributed by atoms with Crippen LogP contribution in [0.1, 0.15) is 56.8 Å². The number of hydrogen-bond donors (Lipinski definition) is 2. The number of hydrogen-bond acceptors (Lipinski definition) is 3. The van der Waals surface area contributed by atoms with Gasteiger partial charge in [0.1, 0.15) is 5.82 Å². The van der Waals surface area contributed by atoms with Crippen LogP contribution >= 0.6 is 11.6 Å². The number of nitrogens with zero attached hydrogens (tertiary/aromatic N) is 1. The lowest BCUT2D eigenvalue weighted by atomic mass is 9.75. The third-order valence-electron chi connectivity index (χ3n) is 4.12. The lowest BCUT2D eigenvalue weighted by Crippen LogP contribution is -2.39. The van der Waals surface area contributed by atoms with E-state index in [2.05, 4.69) is 29.5 Å². The summed E-state index contributed by atoms with van der Waals surface area (Å²) in [6.07, 6.45) is 5.95. The Hall–Kier alpha value is -1.29. The van der Waals surface area contributed by atoms with Crippen molar-refractivity contribution >= 4 is 23.3 Å². The zero-order valence-electron chi connectivity index (χ0n) is 13.0. The Labute approximate surface area is 131 Å². The number of carbonyl (C=O) groups excluding carboxylic acids is 1. The topological polar surface area (TPSA) is 54.0 Å². The molecule has 0 saturated heterocycles. The highest BCUT2D eigenvalue weighted by molar-refractivity contribution is 6.33. The van der Waals surface area contributed by atoms with Crippen molar-refractivity contribution in [1.82, 2.24) is 10.3 Å². The molecular formula is C16H24ClN3O. The number of carbonyl (C=O) groups is 1. The molecule has 4 nitrogen and oxygen atoms in total. The average molecular weight is 310 g/mol. The number of nitrogens with one attached hydrogen (secondary N) is 2. The van der Waals surface area contributed by atoms with Crippen molar-refractivity contribution in [3.05, 3.63) is 22.8 Å². The molecule has 2 rings (SSSR count). The molecule has 0 unspecified atom stereocenters. The van der Waals surface area contributed by atoms with Gasteiger partial charge in [-0.15, -0.1) is 0 Å². The Bertz CT molecular complexity index is 506. The van der Waals surface area contributed by atoms with Crippen LogP contribution in [0.25, 0.3) is 0 Å². The Morgan fingerprint density at radius 3 is 2.67 bits per heavy atom. The molecule has 1 heterocycles. The van der Waals surface area contributed by atoms with Gasteiger partial charge in [0, 0.05) is 18.8 Å². The lowest BCUT2D eigenvalue weighted by molar-refractivity contribution is 0.0908. The Balaban J connectivity index is 1.96. The van der Waals surface area contributed by atoms with Crippen LogP contribution in [0.15, 0.2) is 12.3 Å². The van der Waals surface area contributed by atoms with Gasteiger partial charge in [0.25, 0.3) is 5.91 Å². The maximum absolute atomic E-state index is 12.3. The van der Waals surface area contributed by atoms with Gasteiger partial charge in [0.05, 0.1) is 10.6 Å². The van der Waals surface area contributed by atoms with E-state index in [-0.39, 0.29) is 11.9 Å². The lowest BCUT2D eigenvalue weighted by Gasteiger charge is -2.34. The minimum atomic E-state index is -0.0860. The summed E-state index contributed by atoms with van der Waals surface area (Å²) in [4.78, 5) is 16.5. The molecule has 0 atom stereocenters. The molecule has 0 spiro atoms. The maximum Gasteiger partial charge on any atom is 0.253 e. The molecule has 1 aliphatic rings. The molecule has 0 radical (unpaired) electrons. The van der Waals surface area contributed by atoms with Gasteiger partial charge in [0.2, 0.25) is 0 Å². The molecule has 5 heteroatoms. The largest absolute Gasteiger partial charge is 0.369 e. The van der Waals surface area contributed by atoms with E-state index < -0.39 is 0 Å². The van der Waals surface area contributed by atoms with Crippen molar-refractivity contribution in [2.75, 3.05) is 11.9 Å². The molecule has 0 aliphatic heterocycles. The highest BCUT2D eigenvalue weighted by atomic mass is 35.5. The summed E-state index contributed by atoms with van der Waals surface area (Å²) in [5.74, 6) is 0.535. The van der Waals surface area contributed by atoms with Crippen LogP contribution in [0.3, 0.4) is 0 Å². The zero-order valence-corrected chi connectivity index (χ0v) is 13.8. The Morgan fingerprint density at radius 1 is 1.43 bits per heavy atom. The molecule has 1 aromatic heterocycles. The first-order valence-corrected chi connectivity index (χ1v) is 7.99.